The van der Waals surface area contributed by atoms with Crippen LogP contribution in [0.15, 0.2) is 0 Å². The highest BCUT2D eigenvalue weighted by molar-refractivity contribution is 5.52. The number of aryl methyl sites for hydroxylation is 1. The predicted octanol–water partition coefficient (Wildman–Crippen LogP) is 2.55. The van der Waals surface area contributed by atoms with Gasteiger partial charge in [-0.25, -0.2) is 4.98 Å². The number of hydrogen-bond donors (Lipinski definition) is 2. The molecule has 0 spiro atoms. The van der Waals surface area contributed by atoms with Crippen molar-refractivity contribution in [2.24, 2.45) is 5.41 Å². The van der Waals surface area contributed by atoms with Gasteiger partial charge in [0, 0.05) is 38.9 Å². The van der Waals surface area contributed by atoms with Crippen LogP contribution in [-0.4, -0.2) is 54.5 Å². The first-order valence-corrected chi connectivity index (χ1v) is 10.3. The van der Waals surface area contributed by atoms with E-state index in [-0.39, 0.29) is 12.0 Å². The molecule has 2 N–H and O–H groups in total. The molecule has 0 amide bonds. The molecule has 0 radical (unpaired) electrons. The van der Waals surface area contributed by atoms with Crippen LogP contribution >= 0.6 is 0 Å². The summed E-state index contributed by atoms with van der Waals surface area (Å²) in [6.07, 6.45) is 10.2. The Bertz CT molecular complexity index is 622. The van der Waals surface area contributed by atoms with Crippen LogP contribution < -0.4 is 10.2 Å². The van der Waals surface area contributed by atoms with E-state index in [9.17, 15) is 5.11 Å². The Morgan fingerprint density at radius 2 is 2.04 bits per heavy atom. The molecule has 2 fully saturated rings. The summed E-state index contributed by atoms with van der Waals surface area (Å²) in [5, 5.41) is 13.4. The third-order valence-corrected chi connectivity index (χ3v) is 6.54. The van der Waals surface area contributed by atoms with Gasteiger partial charge in [-0.3, -0.25) is 0 Å². The van der Waals surface area contributed by atoms with Crippen molar-refractivity contribution in [3.63, 3.8) is 0 Å². The molecule has 0 saturated carbocycles. The summed E-state index contributed by atoms with van der Waals surface area (Å²) in [4.78, 5) is 12.0. The topological polar surface area (TPSA) is 70.5 Å². The Hall–Kier alpha value is -1.40. The summed E-state index contributed by atoms with van der Waals surface area (Å²) in [6, 6.07) is 0. The molecule has 4 rings (SSSR count). The molecular formula is C20H32N4O2. The van der Waals surface area contributed by atoms with Crippen molar-refractivity contribution in [2.75, 3.05) is 43.6 Å². The lowest BCUT2D eigenvalue weighted by atomic mass is 9.74. The molecule has 0 aromatic carbocycles. The zero-order chi connectivity index (χ0) is 18.0. The smallest absolute Gasteiger partial charge is 0.227 e. The van der Waals surface area contributed by atoms with E-state index < -0.39 is 0 Å². The average Bonchev–Trinajstić information content (AvgIpc) is 3.17. The van der Waals surface area contributed by atoms with E-state index in [0.29, 0.717) is 6.10 Å². The van der Waals surface area contributed by atoms with Crippen LogP contribution in [0.25, 0.3) is 0 Å². The molecule has 0 bridgehead atoms. The maximum atomic E-state index is 10.1. The van der Waals surface area contributed by atoms with Gasteiger partial charge >= 0.3 is 0 Å². The van der Waals surface area contributed by atoms with Crippen LogP contribution in [0.2, 0.25) is 0 Å². The van der Waals surface area contributed by atoms with Crippen LogP contribution in [0.4, 0.5) is 11.8 Å². The Morgan fingerprint density at radius 1 is 1.19 bits per heavy atom. The number of fused-ring (bicyclic) bond motifs is 1. The number of ether oxygens (including phenoxy) is 1. The fourth-order valence-corrected chi connectivity index (χ4v) is 4.83. The highest BCUT2D eigenvalue weighted by Gasteiger charge is 2.38. The third kappa shape index (κ3) is 3.54. The van der Waals surface area contributed by atoms with Gasteiger partial charge in [0.15, 0.2) is 0 Å². The minimum Gasteiger partial charge on any atom is -0.396 e. The van der Waals surface area contributed by atoms with Gasteiger partial charge in [0.05, 0.1) is 11.8 Å². The van der Waals surface area contributed by atoms with E-state index in [1.807, 2.05) is 7.05 Å². The second-order valence-corrected chi connectivity index (χ2v) is 8.24. The minimum absolute atomic E-state index is 0.00106. The van der Waals surface area contributed by atoms with Gasteiger partial charge in [0.2, 0.25) is 5.95 Å². The number of piperidine rings is 1. The zero-order valence-electron chi connectivity index (χ0n) is 16.0. The molecule has 1 atom stereocenters. The molecule has 26 heavy (non-hydrogen) atoms. The Kier molecular flexibility index (Phi) is 5.32. The fraction of sp³-hybridized carbons (Fsp3) is 0.800. The third-order valence-electron chi connectivity index (χ3n) is 6.54. The van der Waals surface area contributed by atoms with E-state index in [1.165, 1.54) is 30.5 Å². The second kappa shape index (κ2) is 7.69. The summed E-state index contributed by atoms with van der Waals surface area (Å²) in [5.74, 6) is 1.85. The summed E-state index contributed by atoms with van der Waals surface area (Å²) in [5.41, 5.74) is 2.52. The maximum absolute atomic E-state index is 10.1. The average molecular weight is 361 g/mol. The molecule has 1 aliphatic carbocycles. The van der Waals surface area contributed by atoms with E-state index >= 15 is 0 Å². The largest absolute Gasteiger partial charge is 0.396 e. The van der Waals surface area contributed by atoms with Crippen LogP contribution in [0.5, 0.6) is 0 Å². The van der Waals surface area contributed by atoms with Gasteiger partial charge < -0.3 is 20.1 Å². The number of aliphatic hydroxyl groups is 1. The minimum atomic E-state index is 0.00106. The molecule has 2 aliphatic heterocycles. The molecule has 3 heterocycles. The summed E-state index contributed by atoms with van der Waals surface area (Å²) in [7, 11) is 1.95. The number of anilines is 2. The first kappa shape index (κ1) is 18.0. The normalized spacial score (nSPS) is 25.2. The second-order valence-electron chi connectivity index (χ2n) is 8.24. The number of hydrogen-bond acceptors (Lipinski definition) is 6. The number of nitrogens with one attached hydrogen (secondary N) is 1. The summed E-state index contributed by atoms with van der Waals surface area (Å²) >= 11 is 0. The van der Waals surface area contributed by atoms with Gasteiger partial charge in [0.25, 0.3) is 0 Å². The molecule has 6 heteroatoms. The standard InChI is InChI=1S/C20H32N4O2/c1-21-18-16-6-4-7-17(16)22-19(23-18)24-10-8-20(14-25,9-11-24)13-15-5-2-3-12-26-15/h15,25H,2-14H2,1H3,(H,21,22,23)/t15-/m1/s1. The zero-order valence-corrected chi connectivity index (χ0v) is 16.0. The lowest BCUT2D eigenvalue weighted by Gasteiger charge is -2.43. The highest BCUT2D eigenvalue weighted by atomic mass is 16.5. The first-order valence-electron chi connectivity index (χ1n) is 10.3. The Labute approximate surface area is 156 Å². The van der Waals surface area contributed by atoms with E-state index in [4.69, 9.17) is 14.7 Å². The van der Waals surface area contributed by atoms with Crippen molar-refractivity contribution in [3.8, 4) is 0 Å². The molecular weight excluding hydrogens is 328 g/mol. The maximum Gasteiger partial charge on any atom is 0.227 e. The number of aliphatic hydroxyl groups excluding tert-OH is 1. The Balaban J connectivity index is 1.44. The predicted molar refractivity (Wildman–Crippen MR) is 103 cm³/mol. The monoisotopic (exact) mass is 360 g/mol. The van der Waals surface area contributed by atoms with Crippen molar-refractivity contribution in [2.45, 2.75) is 63.9 Å². The number of rotatable bonds is 5. The number of aromatic nitrogens is 2. The molecule has 3 aliphatic rings. The highest BCUT2D eigenvalue weighted by Crippen LogP contribution is 2.39. The first-order chi connectivity index (χ1) is 12.7. The van der Waals surface area contributed by atoms with Crippen LogP contribution in [0.1, 0.15) is 56.2 Å². The van der Waals surface area contributed by atoms with Crippen molar-refractivity contribution in [3.05, 3.63) is 11.3 Å². The van der Waals surface area contributed by atoms with Gasteiger partial charge in [0.1, 0.15) is 5.82 Å². The van der Waals surface area contributed by atoms with Crippen molar-refractivity contribution < 1.29 is 9.84 Å². The molecule has 0 unspecified atom stereocenters. The lowest BCUT2D eigenvalue weighted by molar-refractivity contribution is -0.0355. The summed E-state index contributed by atoms with van der Waals surface area (Å²) < 4.78 is 5.94. The van der Waals surface area contributed by atoms with Crippen molar-refractivity contribution in [1.29, 1.82) is 0 Å². The van der Waals surface area contributed by atoms with Crippen LogP contribution in [0.3, 0.4) is 0 Å². The summed E-state index contributed by atoms with van der Waals surface area (Å²) in [6.45, 7) is 2.96. The van der Waals surface area contributed by atoms with Gasteiger partial charge in [-0.15, -0.1) is 0 Å². The molecule has 144 valence electrons. The quantitative estimate of drug-likeness (QED) is 0.841. The van der Waals surface area contributed by atoms with Gasteiger partial charge in [-0.05, 0) is 63.2 Å². The van der Waals surface area contributed by atoms with Gasteiger partial charge in [-0.2, -0.15) is 4.98 Å². The molecule has 1 aromatic rings. The van der Waals surface area contributed by atoms with Crippen molar-refractivity contribution >= 4 is 11.8 Å². The Morgan fingerprint density at radius 3 is 2.73 bits per heavy atom. The lowest BCUT2D eigenvalue weighted by Crippen LogP contribution is -2.45. The SMILES string of the molecule is CNc1nc(N2CCC(CO)(C[C@H]3CCCCO3)CC2)nc2c1CCC2. The fourth-order valence-electron chi connectivity index (χ4n) is 4.83. The number of nitrogens with zero attached hydrogens (tertiary/aromatic N) is 3. The van der Waals surface area contributed by atoms with Crippen LogP contribution in [0, 0.1) is 5.41 Å². The van der Waals surface area contributed by atoms with E-state index in [2.05, 4.69) is 10.2 Å². The molecule has 1 aromatic heterocycles. The van der Waals surface area contributed by atoms with Crippen LogP contribution in [-0.2, 0) is 17.6 Å². The molecule has 2 saturated heterocycles. The van der Waals surface area contributed by atoms with Gasteiger partial charge in [-0.1, -0.05) is 0 Å². The van der Waals surface area contributed by atoms with E-state index in [0.717, 1.165) is 70.0 Å². The molecule has 6 nitrogen and oxygen atoms in total. The van der Waals surface area contributed by atoms with Crippen molar-refractivity contribution in [1.82, 2.24) is 9.97 Å². The van der Waals surface area contributed by atoms with E-state index in [1.54, 1.807) is 0 Å².